The smallest absolute Gasteiger partial charge is 0.336 e. The van der Waals surface area contributed by atoms with E-state index >= 15 is 0 Å². The van der Waals surface area contributed by atoms with Crippen LogP contribution in [0, 0.1) is 0 Å². The van der Waals surface area contributed by atoms with Gasteiger partial charge in [0.05, 0.1) is 10.6 Å². The van der Waals surface area contributed by atoms with Crippen LogP contribution in [-0.2, 0) is 0 Å². The van der Waals surface area contributed by atoms with Crippen LogP contribution in [0.5, 0.6) is 11.5 Å². The number of carboxylic acids is 1. The van der Waals surface area contributed by atoms with Crippen molar-refractivity contribution in [3.05, 3.63) is 56.5 Å². The maximum atomic E-state index is 10.9. The number of benzene rings is 2. The van der Waals surface area contributed by atoms with Crippen LogP contribution in [0.1, 0.15) is 10.4 Å². The predicted octanol–water partition coefficient (Wildman–Crippen LogP) is 5.25. The molecular weight excluding hydrogens is 355 g/mol. The van der Waals surface area contributed by atoms with E-state index in [2.05, 4.69) is 15.9 Å². The third-order valence-corrected chi connectivity index (χ3v) is 3.77. The van der Waals surface area contributed by atoms with Gasteiger partial charge >= 0.3 is 5.97 Å². The SMILES string of the molecule is O=C(O)c1ccc(Oc2cccc(Cl)c2Cl)cc1Br. The third kappa shape index (κ3) is 3.21. The van der Waals surface area contributed by atoms with E-state index in [-0.39, 0.29) is 5.56 Å². The number of ether oxygens (including phenoxy) is 1. The number of carbonyl (C=O) groups is 1. The first kappa shape index (κ1) is 14.2. The zero-order chi connectivity index (χ0) is 14.0. The third-order valence-electron chi connectivity index (χ3n) is 2.31. The van der Waals surface area contributed by atoms with E-state index in [0.29, 0.717) is 26.0 Å². The molecule has 19 heavy (non-hydrogen) atoms. The van der Waals surface area contributed by atoms with E-state index in [4.69, 9.17) is 33.0 Å². The highest BCUT2D eigenvalue weighted by Gasteiger charge is 2.11. The van der Waals surface area contributed by atoms with Crippen molar-refractivity contribution < 1.29 is 14.6 Å². The topological polar surface area (TPSA) is 46.5 Å². The van der Waals surface area contributed by atoms with Crippen LogP contribution in [0.25, 0.3) is 0 Å². The zero-order valence-electron chi connectivity index (χ0n) is 9.36. The van der Waals surface area contributed by atoms with Crippen LogP contribution >= 0.6 is 39.1 Å². The van der Waals surface area contributed by atoms with Crippen LogP contribution in [0.2, 0.25) is 10.0 Å². The van der Waals surface area contributed by atoms with Crippen LogP contribution in [0.3, 0.4) is 0 Å². The van der Waals surface area contributed by atoms with Gasteiger partial charge in [0.25, 0.3) is 0 Å². The molecule has 3 nitrogen and oxygen atoms in total. The van der Waals surface area contributed by atoms with Gasteiger partial charge in [-0.1, -0.05) is 29.3 Å². The minimum absolute atomic E-state index is 0.157. The highest BCUT2D eigenvalue weighted by Crippen LogP contribution is 2.35. The van der Waals surface area contributed by atoms with E-state index in [1.54, 1.807) is 30.3 Å². The van der Waals surface area contributed by atoms with Gasteiger partial charge in [-0.3, -0.25) is 0 Å². The first-order chi connectivity index (χ1) is 8.99. The molecule has 2 aromatic carbocycles. The van der Waals surface area contributed by atoms with Crippen molar-refractivity contribution in [2.24, 2.45) is 0 Å². The Morgan fingerprint density at radius 1 is 1.21 bits per heavy atom. The van der Waals surface area contributed by atoms with Crippen LogP contribution in [0.15, 0.2) is 40.9 Å². The van der Waals surface area contributed by atoms with Crippen molar-refractivity contribution in [3.63, 3.8) is 0 Å². The van der Waals surface area contributed by atoms with E-state index < -0.39 is 5.97 Å². The van der Waals surface area contributed by atoms with Gasteiger partial charge in [0.2, 0.25) is 0 Å². The molecule has 0 aliphatic rings. The molecule has 0 atom stereocenters. The lowest BCUT2D eigenvalue weighted by atomic mass is 10.2. The molecule has 0 spiro atoms. The summed E-state index contributed by atoms with van der Waals surface area (Å²) < 4.78 is 5.99. The van der Waals surface area contributed by atoms with Gasteiger partial charge in [0.1, 0.15) is 16.5 Å². The summed E-state index contributed by atoms with van der Waals surface area (Å²) in [5.41, 5.74) is 0.157. The first-order valence-corrected chi connectivity index (χ1v) is 6.68. The Morgan fingerprint density at radius 2 is 1.95 bits per heavy atom. The van der Waals surface area contributed by atoms with Crippen LogP contribution < -0.4 is 4.74 Å². The molecule has 0 heterocycles. The molecule has 0 saturated carbocycles. The first-order valence-electron chi connectivity index (χ1n) is 5.13. The fourth-order valence-corrected chi connectivity index (χ4v) is 2.28. The Bertz CT molecular complexity index is 644. The molecule has 1 N–H and O–H groups in total. The molecule has 0 aliphatic carbocycles. The summed E-state index contributed by atoms with van der Waals surface area (Å²) in [4.78, 5) is 10.9. The Kier molecular flexibility index (Phi) is 4.34. The number of carboxylic acid groups (broad SMARTS) is 1. The Labute approximate surface area is 127 Å². The fraction of sp³-hybridized carbons (Fsp3) is 0. The molecule has 0 amide bonds. The Hall–Kier alpha value is -1.23. The number of aromatic carboxylic acids is 1. The molecule has 0 fully saturated rings. The van der Waals surface area contributed by atoms with Gasteiger partial charge in [0.15, 0.2) is 0 Å². The molecule has 0 radical (unpaired) electrons. The summed E-state index contributed by atoms with van der Waals surface area (Å²) in [7, 11) is 0. The number of halogens is 3. The van der Waals surface area contributed by atoms with Crippen molar-refractivity contribution in [1.82, 2.24) is 0 Å². The molecule has 98 valence electrons. The highest BCUT2D eigenvalue weighted by atomic mass is 79.9. The average molecular weight is 362 g/mol. The van der Waals surface area contributed by atoms with E-state index in [1.165, 1.54) is 6.07 Å². The van der Waals surface area contributed by atoms with Crippen molar-refractivity contribution in [2.75, 3.05) is 0 Å². The summed E-state index contributed by atoms with van der Waals surface area (Å²) >= 11 is 15.1. The maximum absolute atomic E-state index is 10.9. The van der Waals surface area contributed by atoms with E-state index in [0.717, 1.165) is 0 Å². The lowest BCUT2D eigenvalue weighted by molar-refractivity contribution is 0.0696. The van der Waals surface area contributed by atoms with Gasteiger partial charge in [-0.25, -0.2) is 4.79 Å². The lowest BCUT2D eigenvalue weighted by Gasteiger charge is -2.09. The number of rotatable bonds is 3. The summed E-state index contributed by atoms with van der Waals surface area (Å²) in [6.07, 6.45) is 0. The quantitative estimate of drug-likeness (QED) is 0.812. The normalized spacial score (nSPS) is 10.3. The largest absolute Gasteiger partial charge is 0.478 e. The van der Waals surface area contributed by atoms with Crippen LogP contribution in [-0.4, -0.2) is 11.1 Å². The van der Waals surface area contributed by atoms with Gasteiger partial charge in [-0.2, -0.15) is 0 Å². The molecular formula is C13H7BrCl2O3. The van der Waals surface area contributed by atoms with E-state index in [9.17, 15) is 4.79 Å². The monoisotopic (exact) mass is 360 g/mol. The predicted molar refractivity (Wildman–Crippen MR) is 77.6 cm³/mol. The molecule has 0 saturated heterocycles. The minimum atomic E-state index is -1.01. The number of hydrogen-bond donors (Lipinski definition) is 1. The van der Waals surface area contributed by atoms with Crippen molar-refractivity contribution in [2.45, 2.75) is 0 Å². The van der Waals surface area contributed by atoms with Gasteiger partial charge in [-0.15, -0.1) is 0 Å². The van der Waals surface area contributed by atoms with E-state index in [1.807, 2.05) is 0 Å². The molecule has 2 aromatic rings. The molecule has 6 heteroatoms. The molecule has 0 bridgehead atoms. The molecule has 2 rings (SSSR count). The second kappa shape index (κ2) is 5.82. The Balaban J connectivity index is 2.32. The Morgan fingerprint density at radius 3 is 2.58 bits per heavy atom. The lowest BCUT2D eigenvalue weighted by Crippen LogP contribution is -1.97. The van der Waals surface area contributed by atoms with Gasteiger partial charge in [-0.05, 0) is 46.3 Å². The minimum Gasteiger partial charge on any atom is -0.478 e. The fourth-order valence-electron chi connectivity index (χ4n) is 1.42. The second-order valence-electron chi connectivity index (χ2n) is 3.60. The summed E-state index contributed by atoms with van der Waals surface area (Å²) in [6.45, 7) is 0. The maximum Gasteiger partial charge on any atom is 0.336 e. The molecule has 0 unspecified atom stereocenters. The summed E-state index contributed by atoms with van der Waals surface area (Å²) in [5, 5.41) is 9.61. The zero-order valence-corrected chi connectivity index (χ0v) is 12.5. The molecule has 0 aromatic heterocycles. The van der Waals surface area contributed by atoms with Crippen molar-refractivity contribution in [3.8, 4) is 11.5 Å². The van der Waals surface area contributed by atoms with Crippen molar-refractivity contribution in [1.29, 1.82) is 0 Å². The highest BCUT2D eigenvalue weighted by molar-refractivity contribution is 9.10. The van der Waals surface area contributed by atoms with Crippen molar-refractivity contribution >= 4 is 45.1 Å². The van der Waals surface area contributed by atoms with Gasteiger partial charge in [0, 0.05) is 4.47 Å². The second-order valence-corrected chi connectivity index (χ2v) is 5.24. The van der Waals surface area contributed by atoms with Crippen LogP contribution in [0.4, 0.5) is 0 Å². The van der Waals surface area contributed by atoms with Gasteiger partial charge < -0.3 is 9.84 Å². The summed E-state index contributed by atoms with van der Waals surface area (Å²) in [6, 6.07) is 9.59. The summed E-state index contributed by atoms with van der Waals surface area (Å²) in [5.74, 6) is -0.149. The standard InChI is InChI=1S/C13H7BrCl2O3/c14-9-6-7(4-5-8(9)13(17)18)19-11-3-1-2-10(15)12(11)16/h1-6H,(H,17,18). The average Bonchev–Trinajstić information content (AvgIpc) is 2.34. The molecule has 0 aliphatic heterocycles. The number of hydrogen-bond acceptors (Lipinski definition) is 2.